The van der Waals surface area contributed by atoms with Crippen molar-refractivity contribution < 1.29 is 0 Å². The van der Waals surface area contributed by atoms with Crippen molar-refractivity contribution in [3.8, 4) is 0 Å². The first-order valence-corrected chi connectivity index (χ1v) is 5.29. The summed E-state index contributed by atoms with van der Waals surface area (Å²) in [6, 6.07) is 5.37. The Kier molecular flexibility index (Phi) is 3.01. The second-order valence-corrected chi connectivity index (χ2v) is 4.04. The molecule has 0 fully saturated rings. The number of halogens is 1. The van der Waals surface area contributed by atoms with Gasteiger partial charge in [-0.2, -0.15) is 5.10 Å². The van der Waals surface area contributed by atoms with Gasteiger partial charge in [0.05, 0.1) is 17.6 Å². The lowest BCUT2D eigenvalue weighted by Crippen LogP contribution is -2.01. The maximum atomic E-state index is 5.89. The van der Waals surface area contributed by atoms with Crippen LogP contribution in [0.1, 0.15) is 5.56 Å². The van der Waals surface area contributed by atoms with E-state index in [4.69, 9.17) is 17.3 Å². The summed E-state index contributed by atoms with van der Waals surface area (Å²) >= 11 is 5.89. The minimum atomic E-state index is 0.669. The molecule has 2 rings (SSSR count). The molecule has 0 aliphatic heterocycles. The Morgan fingerprint density at radius 2 is 2.31 bits per heavy atom. The lowest BCUT2D eigenvalue weighted by atomic mass is 10.2. The van der Waals surface area contributed by atoms with Gasteiger partial charge in [-0.3, -0.25) is 4.68 Å². The number of anilines is 2. The van der Waals surface area contributed by atoms with Crippen LogP contribution in [0.2, 0.25) is 5.02 Å². The summed E-state index contributed by atoms with van der Waals surface area (Å²) in [5.41, 5.74) is 8.45. The third-order valence-corrected chi connectivity index (χ3v) is 2.49. The minimum absolute atomic E-state index is 0.669. The van der Waals surface area contributed by atoms with Crippen LogP contribution in [0.4, 0.5) is 11.4 Å². The van der Waals surface area contributed by atoms with Crippen molar-refractivity contribution in [1.82, 2.24) is 9.78 Å². The van der Waals surface area contributed by atoms with Crippen LogP contribution < -0.4 is 11.1 Å². The predicted molar refractivity (Wildman–Crippen MR) is 66.4 cm³/mol. The molecule has 0 saturated heterocycles. The fourth-order valence-corrected chi connectivity index (χ4v) is 1.61. The van der Waals surface area contributed by atoms with Gasteiger partial charge in [0.25, 0.3) is 0 Å². The van der Waals surface area contributed by atoms with Gasteiger partial charge in [-0.1, -0.05) is 11.6 Å². The van der Waals surface area contributed by atoms with E-state index in [1.165, 1.54) is 0 Å². The van der Waals surface area contributed by atoms with Crippen LogP contribution in [0.3, 0.4) is 0 Å². The number of nitrogens with one attached hydrogen (secondary N) is 1. The van der Waals surface area contributed by atoms with Crippen molar-refractivity contribution in [2.24, 2.45) is 7.05 Å². The Morgan fingerprint density at radius 1 is 1.50 bits per heavy atom. The number of nitrogens with zero attached hydrogens (tertiary/aromatic N) is 2. The standard InChI is InChI=1S/C11H13ClN4/c1-16-7-8(6-15-16)5-14-11-4-9(12)2-3-10(11)13/h2-4,6-7,14H,5,13H2,1H3. The second-order valence-electron chi connectivity index (χ2n) is 3.61. The molecular formula is C11H13ClN4. The number of nitrogens with two attached hydrogens (primary N) is 1. The zero-order valence-electron chi connectivity index (χ0n) is 8.94. The summed E-state index contributed by atoms with van der Waals surface area (Å²) in [4.78, 5) is 0. The largest absolute Gasteiger partial charge is 0.397 e. The number of aromatic nitrogens is 2. The topological polar surface area (TPSA) is 55.9 Å². The van der Waals surface area contributed by atoms with E-state index in [-0.39, 0.29) is 0 Å². The van der Waals surface area contributed by atoms with Gasteiger partial charge in [0.2, 0.25) is 0 Å². The highest BCUT2D eigenvalue weighted by Gasteiger charge is 2.01. The van der Waals surface area contributed by atoms with E-state index in [0.717, 1.165) is 11.3 Å². The second kappa shape index (κ2) is 4.45. The first-order chi connectivity index (χ1) is 7.65. The van der Waals surface area contributed by atoms with E-state index in [0.29, 0.717) is 17.3 Å². The summed E-state index contributed by atoms with van der Waals surface area (Å²) in [5, 5.41) is 7.98. The number of aryl methyl sites for hydroxylation is 1. The molecule has 1 heterocycles. The van der Waals surface area contributed by atoms with Gasteiger partial charge < -0.3 is 11.1 Å². The summed E-state index contributed by atoms with van der Waals surface area (Å²) in [5.74, 6) is 0. The van der Waals surface area contributed by atoms with Crippen LogP contribution in [0.15, 0.2) is 30.6 Å². The van der Waals surface area contributed by atoms with Crippen molar-refractivity contribution in [3.63, 3.8) is 0 Å². The van der Waals surface area contributed by atoms with E-state index in [9.17, 15) is 0 Å². The number of nitrogen functional groups attached to an aromatic ring is 1. The van der Waals surface area contributed by atoms with Crippen molar-refractivity contribution in [2.45, 2.75) is 6.54 Å². The zero-order valence-corrected chi connectivity index (χ0v) is 9.70. The molecule has 1 aromatic carbocycles. The molecule has 1 aromatic heterocycles. The zero-order chi connectivity index (χ0) is 11.5. The third-order valence-electron chi connectivity index (χ3n) is 2.26. The van der Waals surface area contributed by atoms with Crippen molar-refractivity contribution >= 4 is 23.0 Å². The van der Waals surface area contributed by atoms with E-state index in [1.54, 1.807) is 16.8 Å². The molecule has 0 aliphatic rings. The number of hydrogen-bond donors (Lipinski definition) is 2. The number of benzene rings is 1. The molecule has 3 N–H and O–H groups in total. The number of hydrogen-bond acceptors (Lipinski definition) is 3. The maximum Gasteiger partial charge on any atom is 0.0591 e. The molecule has 0 atom stereocenters. The molecule has 0 aliphatic carbocycles. The van der Waals surface area contributed by atoms with Gasteiger partial charge in [0.1, 0.15) is 0 Å². The molecule has 0 amide bonds. The molecular weight excluding hydrogens is 224 g/mol. The van der Waals surface area contributed by atoms with Crippen molar-refractivity contribution in [2.75, 3.05) is 11.1 Å². The Hall–Kier alpha value is -1.68. The molecule has 84 valence electrons. The first-order valence-electron chi connectivity index (χ1n) is 4.91. The lowest BCUT2D eigenvalue weighted by Gasteiger charge is -2.08. The van der Waals surface area contributed by atoms with E-state index in [2.05, 4.69) is 10.4 Å². The van der Waals surface area contributed by atoms with E-state index < -0.39 is 0 Å². The van der Waals surface area contributed by atoms with Gasteiger partial charge in [0.15, 0.2) is 0 Å². The summed E-state index contributed by atoms with van der Waals surface area (Å²) < 4.78 is 1.76. The Balaban J connectivity index is 2.07. The van der Waals surface area contributed by atoms with Crippen LogP contribution >= 0.6 is 11.6 Å². The fraction of sp³-hybridized carbons (Fsp3) is 0.182. The molecule has 5 heteroatoms. The SMILES string of the molecule is Cn1cc(CNc2cc(Cl)ccc2N)cn1. The highest BCUT2D eigenvalue weighted by Crippen LogP contribution is 2.23. The van der Waals surface area contributed by atoms with Gasteiger partial charge in [-0.25, -0.2) is 0 Å². The Morgan fingerprint density at radius 3 is 3.00 bits per heavy atom. The number of rotatable bonds is 3. The van der Waals surface area contributed by atoms with E-state index >= 15 is 0 Å². The van der Waals surface area contributed by atoms with E-state index in [1.807, 2.05) is 25.5 Å². The molecule has 0 bridgehead atoms. The maximum absolute atomic E-state index is 5.89. The smallest absolute Gasteiger partial charge is 0.0591 e. The molecule has 16 heavy (non-hydrogen) atoms. The molecule has 0 unspecified atom stereocenters. The normalized spacial score (nSPS) is 10.4. The van der Waals surface area contributed by atoms with Crippen molar-refractivity contribution in [3.05, 3.63) is 41.2 Å². The van der Waals surface area contributed by atoms with Crippen LogP contribution in [-0.4, -0.2) is 9.78 Å². The van der Waals surface area contributed by atoms with Crippen LogP contribution in [0.5, 0.6) is 0 Å². The highest BCUT2D eigenvalue weighted by atomic mass is 35.5. The average Bonchev–Trinajstić information content (AvgIpc) is 2.66. The minimum Gasteiger partial charge on any atom is -0.397 e. The fourth-order valence-electron chi connectivity index (χ4n) is 1.44. The predicted octanol–water partition coefficient (Wildman–Crippen LogP) is 2.27. The summed E-state index contributed by atoms with van der Waals surface area (Å²) in [6.45, 7) is 0.679. The van der Waals surface area contributed by atoms with Gasteiger partial charge in [-0.05, 0) is 18.2 Å². The van der Waals surface area contributed by atoms with Crippen LogP contribution in [-0.2, 0) is 13.6 Å². The highest BCUT2D eigenvalue weighted by molar-refractivity contribution is 6.31. The molecule has 2 aromatic rings. The van der Waals surface area contributed by atoms with Gasteiger partial charge >= 0.3 is 0 Å². The lowest BCUT2D eigenvalue weighted by molar-refractivity contribution is 0.767. The van der Waals surface area contributed by atoms with Crippen molar-refractivity contribution in [1.29, 1.82) is 0 Å². The Labute approximate surface area is 99.0 Å². The summed E-state index contributed by atoms with van der Waals surface area (Å²) in [7, 11) is 1.89. The van der Waals surface area contributed by atoms with Crippen LogP contribution in [0, 0.1) is 0 Å². The molecule has 0 saturated carbocycles. The monoisotopic (exact) mass is 236 g/mol. The Bertz CT molecular complexity index is 492. The summed E-state index contributed by atoms with van der Waals surface area (Å²) in [6.07, 6.45) is 3.77. The van der Waals surface area contributed by atoms with Gasteiger partial charge in [-0.15, -0.1) is 0 Å². The van der Waals surface area contributed by atoms with Gasteiger partial charge in [0, 0.05) is 30.4 Å². The first kappa shape index (κ1) is 10.8. The molecule has 0 spiro atoms. The molecule has 0 radical (unpaired) electrons. The third kappa shape index (κ3) is 2.46. The van der Waals surface area contributed by atoms with Crippen LogP contribution in [0.25, 0.3) is 0 Å². The molecule has 4 nitrogen and oxygen atoms in total. The average molecular weight is 237 g/mol. The quantitative estimate of drug-likeness (QED) is 0.804.